The number of hydrogen-bond donors (Lipinski definition) is 2. The number of carboxylic acids is 1. The Balaban J connectivity index is 2.50. The third kappa shape index (κ3) is 2.72. The summed E-state index contributed by atoms with van der Waals surface area (Å²) < 4.78 is 0. The van der Waals surface area contributed by atoms with E-state index in [0.29, 0.717) is 35.0 Å². The standard InChI is InChI=1S/C13H14ClNO3S/c1-7-2-9(14)4-10(13(17)18)12(7)15-5-8(6-19)3-11(15)16/h2,4,8,19H,3,5-6H2,1H3,(H,17,18). The molecule has 1 unspecified atom stereocenters. The highest BCUT2D eigenvalue weighted by Gasteiger charge is 2.33. The minimum Gasteiger partial charge on any atom is -0.478 e. The summed E-state index contributed by atoms with van der Waals surface area (Å²) in [5, 5.41) is 9.63. The molecule has 19 heavy (non-hydrogen) atoms. The van der Waals surface area contributed by atoms with Gasteiger partial charge in [-0.25, -0.2) is 4.79 Å². The second-order valence-corrected chi connectivity index (χ2v) is 5.48. The van der Waals surface area contributed by atoms with Gasteiger partial charge in [-0.05, 0) is 36.3 Å². The van der Waals surface area contributed by atoms with Gasteiger partial charge >= 0.3 is 5.97 Å². The zero-order chi connectivity index (χ0) is 14.2. The number of carbonyl (C=O) groups excluding carboxylic acids is 1. The molecule has 1 atom stereocenters. The van der Waals surface area contributed by atoms with Crippen LogP contribution in [-0.2, 0) is 4.79 Å². The molecule has 0 aliphatic carbocycles. The average molecular weight is 300 g/mol. The van der Waals surface area contributed by atoms with Gasteiger partial charge in [0, 0.05) is 18.0 Å². The number of aryl methyl sites for hydroxylation is 1. The minimum absolute atomic E-state index is 0.0630. The van der Waals surface area contributed by atoms with Crippen LogP contribution < -0.4 is 4.90 Å². The van der Waals surface area contributed by atoms with E-state index in [1.807, 2.05) is 0 Å². The largest absolute Gasteiger partial charge is 0.478 e. The summed E-state index contributed by atoms with van der Waals surface area (Å²) in [5.74, 6) is -0.376. The molecule has 1 saturated heterocycles. The Labute approximate surface area is 121 Å². The monoisotopic (exact) mass is 299 g/mol. The molecule has 1 amide bonds. The normalized spacial score (nSPS) is 19.0. The Hall–Kier alpha value is -1.20. The minimum atomic E-state index is -1.08. The van der Waals surface area contributed by atoms with Gasteiger partial charge in [0.25, 0.3) is 0 Å². The van der Waals surface area contributed by atoms with Crippen LogP contribution in [0.4, 0.5) is 5.69 Å². The summed E-state index contributed by atoms with van der Waals surface area (Å²) in [5.41, 5.74) is 1.21. The van der Waals surface area contributed by atoms with E-state index in [1.54, 1.807) is 13.0 Å². The van der Waals surface area contributed by atoms with Crippen molar-refractivity contribution in [2.45, 2.75) is 13.3 Å². The van der Waals surface area contributed by atoms with Crippen LogP contribution in [0.25, 0.3) is 0 Å². The molecule has 1 N–H and O–H groups in total. The van der Waals surface area contributed by atoms with E-state index in [2.05, 4.69) is 12.6 Å². The van der Waals surface area contributed by atoms with E-state index in [1.165, 1.54) is 11.0 Å². The molecule has 102 valence electrons. The number of hydrogen-bond acceptors (Lipinski definition) is 3. The Morgan fingerprint density at radius 1 is 1.58 bits per heavy atom. The Morgan fingerprint density at radius 2 is 2.26 bits per heavy atom. The number of halogens is 1. The number of nitrogens with zero attached hydrogens (tertiary/aromatic N) is 1. The molecule has 0 aromatic heterocycles. The maximum absolute atomic E-state index is 12.0. The number of aromatic carboxylic acids is 1. The van der Waals surface area contributed by atoms with Crippen LogP contribution in [-0.4, -0.2) is 29.3 Å². The first-order valence-electron chi connectivity index (χ1n) is 5.88. The Morgan fingerprint density at radius 3 is 2.79 bits per heavy atom. The van der Waals surface area contributed by atoms with Gasteiger partial charge in [-0.3, -0.25) is 4.79 Å². The lowest BCUT2D eigenvalue weighted by molar-refractivity contribution is -0.117. The van der Waals surface area contributed by atoms with E-state index in [4.69, 9.17) is 11.6 Å². The summed E-state index contributed by atoms with van der Waals surface area (Å²) in [6, 6.07) is 3.05. The number of anilines is 1. The van der Waals surface area contributed by atoms with Crippen LogP contribution in [0.15, 0.2) is 12.1 Å². The topological polar surface area (TPSA) is 57.6 Å². The number of amides is 1. The summed E-state index contributed by atoms with van der Waals surface area (Å²) in [4.78, 5) is 24.9. The van der Waals surface area contributed by atoms with Gasteiger partial charge in [-0.2, -0.15) is 12.6 Å². The molecular weight excluding hydrogens is 286 g/mol. The lowest BCUT2D eigenvalue weighted by Gasteiger charge is -2.21. The average Bonchev–Trinajstić information content (AvgIpc) is 2.69. The molecule has 2 rings (SSSR count). The Bertz CT molecular complexity index is 547. The smallest absolute Gasteiger partial charge is 0.337 e. The SMILES string of the molecule is Cc1cc(Cl)cc(C(=O)O)c1N1CC(CS)CC1=O. The number of thiol groups is 1. The van der Waals surface area contributed by atoms with Crippen molar-refractivity contribution in [1.82, 2.24) is 0 Å². The van der Waals surface area contributed by atoms with E-state index in [0.717, 1.165) is 0 Å². The molecule has 4 nitrogen and oxygen atoms in total. The van der Waals surface area contributed by atoms with Crippen molar-refractivity contribution in [1.29, 1.82) is 0 Å². The van der Waals surface area contributed by atoms with Crippen LogP contribution in [0.5, 0.6) is 0 Å². The van der Waals surface area contributed by atoms with E-state index in [-0.39, 0.29) is 17.4 Å². The number of carbonyl (C=O) groups is 2. The maximum atomic E-state index is 12.0. The van der Waals surface area contributed by atoms with Crippen molar-refractivity contribution < 1.29 is 14.7 Å². The molecule has 0 saturated carbocycles. The first-order valence-corrected chi connectivity index (χ1v) is 6.89. The predicted molar refractivity (Wildman–Crippen MR) is 77.5 cm³/mol. The van der Waals surface area contributed by atoms with Crippen molar-refractivity contribution in [3.8, 4) is 0 Å². The lowest BCUT2D eigenvalue weighted by atomic mass is 10.1. The van der Waals surface area contributed by atoms with Crippen molar-refractivity contribution >= 4 is 41.8 Å². The molecule has 1 aliphatic rings. The second-order valence-electron chi connectivity index (χ2n) is 4.68. The van der Waals surface area contributed by atoms with E-state index < -0.39 is 5.97 Å². The molecular formula is C13H14ClNO3S. The highest BCUT2D eigenvalue weighted by atomic mass is 35.5. The van der Waals surface area contributed by atoms with Crippen molar-refractivity contribution in [2.24, 2.45) is 5.92 Å². The first-order chi connectivity index (χ1) is 8.93. The zero-order valence-electron chi connectivity index (χ0n) is 10.4. The molecule has 1 aromatic rings. The quantitative estimate of drug-likeness (QED) is 0.844. The summed E-state index contributed by atoms with van der Waals surface area (Å²) in [7, 11) is 0. The fourth-order valence-electron chi connectivity index (χ4n) is 2.38. The summed E-state index contributed by atoms with van der Waals surface area (Å²) in [6.45, 7) is 2.26. The molecule has 1 heterocycles. The molecule has 0 bridgehead atoms. The highest BCUT2D eigenvalue weighted by molar-refractivity contribution is 7.80. The first kappa shape index (κ1) is 14.2. The van der Waals surface area contributed by atoms with Gasteiger partial charge in [0.15, 0.2) is 0 Å². The molecule has 1 aliphatic heterocycles. The number of benzene rings is 1. The third-order valence-corrected chi connectivity index (χ3v) is 3.96. The van der Waals surface area contributed by atoms with Gasteiger partial charge in [0.2, 0.25) is 5.91 Å². The van der Waals surface area contributed by atoms with Crippen LogP contribution in [0.3, 0.4) is 0 Å². The Kier molecular flexibility index (Phi) is 4.06. The van der Waals surface area contributed by atoms with Crippen molar-refractivity contribution in [2.75, 3.05) is 17.2 Å². The second kappa shape index (κ2) is 5.43. The number of carboxylic acid groups (broad SMARTS) is 1. The van der Waals surface area contributed by atoms with Crippen LogP contribution in [0.2, 0.25) is 5.02 Å². The van der Waals surface area contributed by atoms with E-state index in [9.17, 15) is 14.7 Å². The molecule has 6 heteroatoms. The summed E-state index contributed by atoms with van der Waals surface area (Å²) >= 11 is 10.1. The number of rotatable bonds is 3. The highest BCUT2D eigenvalue weighted by Crippen LogP contribution is 2.33. The van der Waals surface area contributed by atoms with Gasteiger partial charge in [0.05, 0.1) is 11.3 Å². The van der Waals surface area contributed by atoms with Gasteiger partial charge < -0.3 is 10.0 Å². The van der Waals surface area contributed by atoms with Gasteiger partial charge in [-0.15, -0.1) is 0 Å². The molecule has 1 fully saturated rings. The fourth-order valence-corrected chi connectivity index (χ4v) is 2.89. The summed E-state index contributed by atoms with van der Waals surface area (Å²) in [6.07, 6.45) is 0.407. The lowest BCUT2D eigenvalue weighted by Crippen LogP contribution is -2.27. The van der Waals surface area contributed by atoms with Crippen molar-refractivity contribution in [3.63, 3.8) is 0 Å². The predicted octanol–water partition coefficient (Wildman–Crippen LogP) is 2.63. The van der Waals surface area contributed by atoms with Gasteiger partial charge in [-0.1, -0.05) is 11.6 Å². The maximum Gasteiger partial charge on any atom is 0.337 e. The van der Waals surface area contributed by atoms with E-state index >= 15 is 0 Å². The van der Waals surface area contributed by atoms with Gasteiger partial charge in [0.1, 0.15) is 0 Å². The molecule has 1 aromatic carbocycles. The van der Waals surface area contributed by atoms with Crippen molar-refractivity contribution in [3.05, 3.63) is 28.3 Å². The zero-order valence-corrected chi connectivity index (χ0v) is 12.0. The van der Waals surface area contributed by atoms with Crippen LogP contribution in [0, 0.1) is 12.8 Å². The molecule has 0 radical (unpaired) electrons. The fraction of sp³-hybridized carbons (Fsp3) is 0.385. The van der Waals surface area contributed by atoms with Crippen LogP contribution >= 0.6 is 24.2 Å². The molecule has 0 spiro atoms. The third-order valence-electron chi connectivity index (χ3n) is 3.23. The van der Waals surface area contributed by atoms with Crippen LogP contribution in [0.1, 0.15) is 22.3 Å².